The van der Waals surface area contributed by atoms with Gasteiger partial charge in [0, 0.05) is 18.5 Å². The van der Waals surface area contributed by atoms with Gasteiger partial charge in [0.25, 0.3) is 0 Å². The smallest absolute Gasteiger partial charge is 0.138 e. The Balaban J connectivity index is 1.71. The van der Waals surface area contributed by atoms with Crippen molar-refractivity contribution in [2.75, 3.05) is 0 Å². The summed E-state index contributed by atoms with van der Waals surface area (Å²) in [5.41, 5.74) is 3.05. The fraction of sp³-hybridized carbons (Fsp3) is 0.857. The lowest BCUT2D eigenvalue weighted by Gasteiger charge is -2.30. The highest BCUT2D eigenvalue weighted by molar-refractivity contribution is 4.99. The second-order valence-electron chi connectivity index (χ2n) is 6.53. The van der Waals surface area contributed by atoms with Gasteiger partial charge >= 0.3 is 0 Å². The first-order chi connectivity index (χ1) is 9.19. The molecule has 1 aromatic rings. The van der Waals surface area contributed by atoms with E-state index in [-0.39, 0.29) is 0 Å². The van der Waals surface area contributed by atoms with E-state index in [9.17, 15) is 0 Å². The molecule has 2 fully saturated rings. The highest BCUT2D eigenvalue weighted by atomic mass is 15.3. The van der Waals surface area contributed by atoms with E-state index in [4.69, 9.17) is 5.84 Å². The lowest BCUT2D eigenvalue weighted by molar-refractivity contribution is 0.243. The van der Waals surface area contributed by atoms with E-state index in [0.29, 0.717) is 12.1 Å². The molecule has 3 rings (SSSR count). The van der Waals surface area contributed by atoms with Crippen molar-refractivity contribution in [1.82, 2.24) is 20.2 Å². The predicted octanol–water partition coefficient (Wildman–Crippen LogP) is 1.67. The van der Waals surface area contributed by atoms with E-state index >= 15 is 0 Å². The van der Waals surface area contributed by atoms with Crippen molar-refractivity contribution in [2.45, 2.75) is 58.0 Å². The predicted molar refractivity (Wildman–Crippen MR) is 74.2 cm³/mol. The molecule has 5 heteroatoms. The number of nitrogens with zero attached hydrogens (tertiary/aromatic N) is 3. The van der Waals surface area contributed by atoms with E-state index < -0.39 is 0 Å². The fourth-order valence-electron chi connectivity index (χ4n) is 4.17. The maximum atomic E-state index is 5.82. The minimum atomic E-state index is 0.344. The van der Waals surface area contributed by atoms with Gasteiger partial charge in [0.05, 0.1) is 0 Å². The van der Waals surface area contributed by atoms with Crippen LogP contribution in [0, 0.1) is 17.8 Å². The van der Waals surface area contributed by atoms with Crippen LogP contribution in [0.3, 0.4) is 0 Å². The molecule has 3 N–H and O–H groups in total. The van der Waals surface area contributed by atoms with Crippen LogP contribution in [0.25, 0.3) is 0 Å². The summed E-state index contributed by atoms with van der Waals surface area (Å²) in [7, 11) is 0. The monoisotopic (exact) mass is 263 g/mol. The topological polar surface area (TPSA) is 68.8 Å². The summed E-state index contributed by atoms with van der Waals surface area (Å²) in [4.78, 5) is 4.41. The summed E-state index contributed by atoms with van der Waals surface area (Å²) in [5.74, 6) is 9.43. The van der Waals surface area contributed by atoms with Gasteiger partial charge in [0.2, 0.25) is 0 Å². The van der Waals surface area contributed by atoms with Gasteiger partial charge in [0.15, 0.2) is 0 Å². The van der Waals surface area contributed by atoms with Crippen molar-refractivity contribution in [1.29, 1.82) is 0 Å². The van der Waals surface area contributed by atoms with Gasteiger partial charge in [-0.1, -0.05) is 6.42 Å². The Labute approximate surface area is 114 Å². The zero-order valence-electron chi connectivity index (χ0n) is 11.9. The van der Waals surface area contributed by atoms with Crippen molar-refractivity contribution in [3.63, 3.8) is 0 Å². The van der Waals surface area contributed by atoms with Crippen LogP contribution >= 0.6 is 0 Å². The molecule has 5 nitrogen and oxygen atoms in total. The number of hydrogen-bond acceptors (Lipinski definition) is 4. The lowest BCUT2D eigenvalue weighted by Crippen LogP contribution is -2.44. The molecular weight excluding hydrogens is 238 g/mol. The summed E-state index contributed by atoms with van der Waals surface area (Å²) in [5, 5.41) is 4.31. The van der Waals surface area contributed by atoms with Crippen LogP contribution in [-0.4, -0.2) is 20.8 Å². The van der Waals surface area contributed by atoms with Gasteiger partial charge in [-0.25, -0.2) is 9.67 Å². The molecule has 0 aromatic carbocycles. The quantitative estimate of drug-likeness (QED) is 0.626. The molecule has 0 amide bonds. The number of aromatic nitrogens is 3. The van der Waals surface area contributed by atoms with E-state index in [1.165, 1.54) is 25.7 Å². The zero-order valence-corrected chi connectivity index (χ0v) is 11.9. The first kappa shape index (κ1) is 13.1. The number of fused-ring (bicyclic) bond motifs is 2. The van der Waals surface area contributed by atoms with Gasteiger partial charge < -0.3 is 0 Å². The summed E-state index contributed by atoms with van der Waals surface area (Å²) >= 11 is 0. The van der Waals surface area contributed by atoms with Crippen LogP contribution in [0.1, 0.15) is 51.4 Å². The average Bonchev–Trinajstić information content (AvgIpc) is 3.11. The first-order valence-corrected chi connectivity index (χ1v) is 7.53. The van der Waals surface area contributed by atoms with Gasteiger partial charge in [-0.2, -0.15) is 5.10 Å². The molecular formula is C14H25N5. The number of rotatable bonds is 5. The van der Waals surface area contributed by atoms with Gasteiger partial charge in [-0.05, 0) is 50.9 Å². The van der Waals surface area contributed by atoms with Crippen molar-refractivity contribution in [2.24, 2.45) is 23.6 Å². The van der Waals surface area contributed by atoms with Gasteiger partial charge in [-0.3, -0.25) is 11.3 Å². The SMILES string of the molecule is CC(C)n1ncnc1CC(NN)C1CC2CCC1C2. The summed E-state index contributed by atoms with van der Waals surface area (Å²) in [6.07, 6.45) is 8.13. The standard InChI is InChI=1S/C14H25N5/c1-9(2)19-14(16-8-17-19)7-13(18-15)12-6-10-3-4-11(12)5-10/h8-13,18H,3-7,15H2,1-2H3. The highest BCUT2D eigenvalue weighted by Crippen LogP contribution is 2.49. The maximum Gasteiger partial charge on any atom is 0.138 e. The van der Waals surface area contributed by atoms with E-state index in [0.717, 1.165) is 30.0 Å². The summed E-state index contributed by atoms with van der Waals surface area (Å²) in [6.45, 7) is 4.28. The van der Waals surface area contributed by atoms with Crippen molar-refractivity contribution in [3.05, 3.63) is 12.2 Å². The Hall–Kier alpha value is -0.940. The highest BCUT2D eigenvalue weighted by Gasteiger charge is 2.43. The molecule has 4 unspecified atom stereocenters. The minimum Gasteiger partial charge on any atom is -0.271 e. The molecule has 2 aliphatic rings. The molecule has 4 atom stereocenters. The van der Waals surface area contributed by atoms with E-state index in [1.54, 1.807) is 6.33 Å². The summed E-state index contributed by atoms with van der Waals surface area (Å²) < 4.78 is 2.01. The van der Waals surface area contributed by atoms with Crippen molar-refractivity contribution in [3.8, 4) is 0 Å². The number of hydrogen-bond donors (Lipinski definition) is 2. The molecule has 0 spiro atoms. The Kier molecular flexibility index (Phi) is 3.58. The van der Waals surface area contributed by atoms with Gasteiger partial charge in [0.1, 0.15) is 12.2 Å². The Bertz CT molecular complexity index is 427. The largest absolute Gasteiger partial charge is 0.271 e. The molecule has 1 heterocycles. The third-order valence-electron chi connectivity index (χ3n) is 5.06. The molecule has 19 heavy (non-hydrogen) atoms. The molecule has 2 bridgehead atoms. The fourth-order valence-corrected chi connectivity index (χ4v) is 4.17. The summed E-state index contributed by atoms with van der Waals surface area (Å²) in [6, 6.07) is 0.702. The molecule has 2 saturated carbocycles. The molecule has 0 saturated heterocycles. The first-order valence-electron chi connectivity index (χ1n) is 7.53. The lowest BCUT2D eigenvalue weighted by atomic mass is 9.82. The minimum absolute atomic E-state index is 0.344. The zero-order chi connectivity index (χ0) is 13.4. The third-order valence-corrected chi connectivity index (χ3v) is 5.06. The molecule has 0 radical (unpaired) electrons. The van der Waals surface area contributed by atoms with Crippen LogP contribution in [0.4, 0.5) is 0 Å². The van der Waals surface area contributed by atoms with Crippen LogP contribution in [0.5, 0.6) is 0 Å². The number of nitrogens with one attached hydrogen (secondary N) is 1. The van der Waals surface area contributed by atoms with Crippen LogP contribution < -0.4 is 11.3 Å². The number of hydrazine groups is 1. The van der Waals surface area contributed by atoms with Crippen LogP contribution in [0.15, 0.2) is 6.33 Å². The Morgan fingerprint density at radius 1 is 1.42 bits per heavy atom. The van der Waals surface area contributed by atoms with Crippen LogP contribution in [-0.2, 0) is 6.42 Å². The van der Waals surface area contributed by atoms with E-state index in [1.807, 2.05) is 4.68 Å². The molecule has 2 aliphatic carbocycles. The van der Waals surface area contributed by atoms with Gasteiger partial charge in [-0.15, -0.1) is 0 Å². The second-order valence-corrected chi connectivity index (χ2v) is 6.53. The molecule has 1 aromatic heterocycles. The average molecular weight is 263 g/mol. The van der Waals surface area contributed by atoms with E-state index in [2.05, 4.69) is 29.4 Å². The van der Waals surface area contributed by atoms with Crippen molar-refractivity contribution >= 4 is 0 Å². The van der Waals surface area contributed by atoms with Crippen LogP contribution in [0.2, 0.25) is 0 Å². The molecule has 0 aliphatic heterocycles. The third kappa shape index (κ3) is 2.41. The number of nitrogens with two attached hydrogens (primary N) is 1. The second kappa shape index (κ2) is 5.21. The Morgan fingerprint density at radius 2 is 2.26 bits per heavy atom. The maximum absolute atomic E-state index is 5.82. The van der Waals surface area contributed by atoms with Crippen molar-refractivity contribution < 1.29 is 0 Å². The normalized spacial score (nSPS) is 31.3. The molecule has 106 valence electrons. The Morgan fingerprint density at radius 3 is 2.84 bits per heavy atom.